The number of benzene rings is 2. The minimum Gasteiger partial charge on any atom is -0.490 e. The van der Waals surface area contributed by atoms with E-state index in [1.54, 1.807) is 6.07 Å². The quantitative estimate of drug-likeness (QED) is 0.934. The van der Waals surface area contributed by atoms with Crippen molar-refractivity contribution in [2.75, 3.05) is 0 Å². The molecular formula is C17H17ClFNO. The van der Waals surface area contributed by atoms with Crippen molar-refractivity contribution in [2.45, 2.75) is 31.4 Å². The zero-order chi connectivity index (χ0) is 14.8. The van der Waals surface area contributed by atoms with Gasteiger partial charge in [-0.15, -0.1) is 0 Å². The molecule has 0 radical (unpaired) electrons. The van der Waals surface area contributed by atoms with Crippen molar-refractivity contribution in [3.05, 3.63) is 64.4 Å². The van der Waals surface area contributed by atoms with Crippen LogP contribution in [0.1, 0.15) is 17.5 Å². The van der Waals surface area contributed by atoms with E-state index in [4.69, 9.17) is 22.1 Å². The summed E-state index contributed by atoms with van der Waals surface area (Å²) in [6, 6.07) is 12.4. The molecule has 0 amide bonds. The third kappa shape index (κ3) is 3.55. The van der Waals surface area contributed by atoms with Crippen LogP contribution in [0.2, 0.25) is 5.02 Å². The van der Waals surface area contributed by atoms with Gasteiger partial charge >= 0.3 is 0 Å². The molecule has 0 saturated heterocycles. The van der Waals surface area contributed by atoms with Crippen molar-refractivity contribution >= 4 is 11.6 Å². The second kappa shape index (κ2) is 6.04. The fourth-order valence-electron chi connectivity index (χ4n) is 2.81. The Morgan fingerprint density at radius 2 is 2.14 bits per heavy atom. The number of fused-ring (bicyclic) bond motifs is 1. The zero-order valence-corrected chi connectivity index (χ0v) is 12.3. The summed E-state index contributed by atoms with van der Waals surface area (Å²) in [5.74, 6) is 0.553. The highest BCUT2D eigenvalue weighted by Crippen LogP contribution is 2.31. The highest BCUT2D eigenvalue weighted by Gasteiger charge is 2.25. The number of rotatable bonds is 4. The van der Waals surface area contributed by atoms with Crippen LogP contribution >= 0.6 is 11.6 Å². The van der Waals surface area contributed by atoms with E-state index in [0.29, 0.717) is 0 Å². The maximum atomic E-state index is 13.2. The van der Waals surface area contributed by atoms with Crippen LogP contribution in [0.4, 0.5) is 4.39 Å². The number of hydrogen-bond acceptors (Lipinski definition) is 2. The molecule has 2 unspecified atom stereocenters. The molecule has 3 rings (SSSR count). The Balaban J connectivity index is 1.58. The van der Waals surface area contributed by atoms with E-state index < -0.39 is 0 Å². The lowest BCUT2D eigenvalue weighted by molar-refractivity contribution is 0.210. The molecule has 2 aromatic carbocycles. The minimum atomic E-state index is -0.221. The molecule has 0 bridgehead atoms. The first-order valence-electron chi connectivity index (χ1n) is 7.05. The zero-order valence-electron chi connectivity index (χ0n) is 11.6. The van der Waals surface area contributed by atoms with E-state index in [-0.39, 0.29) is 18.0 Å². The first kappa shape index (κ1) is 14.4. The summed E-state index contributed by atoms with van der Waals surface area (Å²) in [6.45, 7) is 0. The van der Waals surface area contributed by atoms with Gasteiger partial charge in [-0.05, 0) is 42.3 Å². The molecule has 1 aliphatic heterocycles. The smallest absolute Gasteiger partial charge is 0.123 e. The molecular weight excluding hydrogens is 289 g/mol. The van der Waals surface area contributed by atoms with Crippen molar-refractivity contribution in [3.63, 3.8) is 0 Å². The van der Waals surface area contributed by atoms with Gasteiger partial charge in [0.25, 0.3) is 0 Å². The standard InChI is InChI=1S/C17H17ClFNO/c18-13-3-1-2-11(6-13)7-15(20)10-16-9-12-8-14(19)4-5-17(12)21-16/h1-6,8,15-16H,7,9-10,20H2. The molecule has 1 aliphatic rings. The van der Waals surface area contributed by atoms with E-state index in [0.717, 1.165) is 41.2 Å². The van der Waals surface area contributed by atoms with Gasteiger partial charge in [-0.25, -0.2) is 4.39 Å². The lowest BCUT2D eigenvalue weighted by atomic mass is 9.99. The lowest BCUT2D eigenvalue weighted by Gasteiger charge is -2.17. The summed E-state index contributed by atoms with van der Waals surface area (Å²) in [4.78, 5) is 0. The third-order valence-corrected chi connectivity index (χ3v) is 3.95. The number of halogens is 2. The predicted molar refractivity (Wildman–Crippen MR) is 82.3 cm³/mol. The SMILES string of the molecule is NC(Cc1cccc(Cl)c1)CC1Cc2cc(F)ccc2O1. The molecule has 0 aromatic heterocycles. The van der Waals surface area contributed by atoms with Crippen LogP contribution in [-0.2, 0) is 12.8 Å². The molecule has 2 N–H and O–H groups in total. The summed E-state index contributed by atoms with van der Waals surface area (Å²) < 4.78 is 19.0. The van der Waals surface area contributed by atoms with Gasteiger partial charge in [-0.2, -0.15) is 0 Å². The maximum absolute atomic E-state index is 13.2. The predicted octanol–water partition coefficient (Wildman–Crippen LogP) is 3.74. The molecule has 2 nitrogen and oxygen atoms in total. The van der Waals surface area contributed by atoms with Crippen LogP contribution in [0, 0.1) is 5.82 Å². The molecule has 2 atom stereocenters. The maximum Gasteiger partial charge on any atom is 0.123 e. The van der Waals surface area contributed by atoms with Crippen molar-refractivity contribution in [1.29, 1.82) is 0 Å². The summed E-state index contributed by atoms with van der Waals surface area (Å²) in [5, 5.41) is 0.722. The van der Waals surface area contributed by atoms with Gasteiger partial charge < -0.3 is 10.5 Å². The molecule has 0 fully saturated rings. The van der Waals surface area contributed by atoms with Crippen LogP contribution < -0.4 is 10.5 Å². The number of nitrogens with two attached hydrogens (primary N) is 1. The molecule has 1 heterocycles. The minimum absolute atomic E-state index is 0.00683. The van der Waals surface area contributed by atoms with Crippen LogP contribution in [0.5, 0.6) is 5.75 Å². The van der Waals surface area contributed by atoms with Gasteiger partial charge in [-0.3, -0.25) is 0 Å². The van der Waals surface area contributed by atoms with Gasteiger partial charge in [0.05, 0.1) is 0 Å². The van der Waals surface area contributed by atoms with Gasteiger partial charge in [0, 0.05) is 29.5 Å². The highest BCUT2D eigenvalue weighted by atomic mass is 35.5. The Morgan fingerprint density at radius 3 is 2.95 bits per heavy atom. The van der Waals surface area contributed by atoms with Crippen LogP contribution in [-0.4, -0.2) is 12.1 Å². The van der Waals surface area contributed by atoms with E-state index in [1.165, 1.54) is 12.1 Å². The fraction of sp³-hybridized carbons (Fsp3) is 0.294. The van der Waals surface area contributed by atoms with Crippen molar-refractivity contribution in [3.8, 4) is 5.75 Å². The lowest BCUT2D eigenvalue weighted by Crippen LogP contribution is -2.30. The normalized spacial score (nSPS) is 18.1. The van der Waals surface area contributed by atoms with Crippen molar-refractivity contribution in [2.24, 2.45) is 5.73 Å². The second-order valence-corrected chi connectivity index (χ2v) is 5.96. The van der Waals surface area contributed by atoms with Crippen LogP contribution in [0.3, 0.4) is 0 Å². The highest BCUT2D eigenvalue weighted by molar-refractivity contribution is 6.30. The van der Waals surface area contributed by atoms with E-state index >= 15 is 0 Å². The topological polar surface area (TPSA) is 35.2 Å². The second-order valence-electron chi connectivity index (χ2n) is 5.53. The average Bonchev–Trinajstić information content (AvgIpc) is 2.79. The first-order chi connectivity index (χ1) is 10.1. The summed E-state index contributed by atoms with van der Waals surface area (Å²) >= 11 is 5.97. The monoisotopic (exact) mass is 305 g/mol. The van der Waals surface area contributed by atoms with Crippen LogP contribution in [0.25, 0.3) is 0 Å². The Hall–Kier alpha value is -1.58. The molecule has 0 saturated carbocycles. The van der Waals surface area contributed by atoms with E-state index in [9.17, 15) is 4.39 Å². The third-order valence-electron chi connectivity index (χ3n) is 3.72. The summed E-state index contributed by atoms with van der Waals surface area (Å²) in [6.07, 6.45) is 2.24. The van der Waals surface area contributed by atoms with Gasteiger partial charge in [-0.1, -0.05) is 23.7 Å². The number of ether oxygens (including phenoxy) is 1. The van der Waals surface area contributed by atoms with E-state index in [1.807, 2.05) is 24.3 Å². The molecule has 2 aromatic rings. The molecule has 4 heteroatoms. The molecule has 0 spiro atoms. The Bertz CT molecular complexity index is 646. The van der Waals surface area contributed by atoms with Crippen molar-refractivity contribution in [1.82, 2.24) is 0 Å². The van der Waals surface area contributed by atoms with Gasteiger partial charge in [0.2, 0.25) is 0 Å². The Morgan fingerprint density at radius 1 is 1.29 bits per heavy atom. The van der Waals surface area contributed by atoms with E-state index in [2.05, 4.69) is 0 Å². The first-order valence-corrected chi connectivity index (χ1v) is 7.43. The van der Waals surface area contributed by atoms with Gasteiger partial charge in [0.1, 0.15) is 17.7 Å². The fourth-order valence-corrected chi connectivity index (χ4v) is 3.02. The average molecular weight is 306 g/mol. The van der Waals surface area contributed by atoms with Crippen LogP contribution in [0.15, 0.2) is 42.5 Å². The molecule has 21 heavy (non-hydrogen) atoms. The number of hydrogen-bond donors (Lipinski definition) is 1. The van der Waals surface area contributed by atoms with Gasteiger partial charge in [0.15, 0.2) is 0 Å². The Labute approximate surface area is 128 Å². The summed E-state index contributed by atoms with van der Waals surface area (Å²) in [5.41, 5.74) is 8.25. The Kier molecular flexibility index (Phi) is 4.13. The molecule has 0 aliphatic carbocycles. The molecule has 110 valence electrons. The largest absolute Gasteiger partial charge is 0.490 e. The summed E-state index contributed by atoms with van der Waals surface area (Å²) in [7, 11) is 0. The van der Waals surface area contributed by atoms with Crippen molar-refractivity contribution < 1.29 is 9.13 Å².